The molecule has 0 spiro atoms. The second kappa shape index (κ2) is 9.62. The summed E-state index contributed by atoms with van der Waals surface area (Å²) in [7, 11) is 0. The normalized spacial score (nSPS) is 28.5. The average molecular weight is 493 g/mol. The number of amides is 1. The molecule has 2 atom stereocenters. The van der Waals surface area contributed by atoms with Gasteiger partial charge in [0.15, 0.2) is 5.65 Å². The number of hydrogen-bond donors (Lipinski definition) is 0. The minimum atomic E-state index is -4.11. The van der Waals surface area contributed by atoms with E-state index in [1.807, 2.05) is 28.5 Å². The molecular formula is C26H35F3N4O2. The van der Waals surface area contributed by atoms with Gasteiger partial charge in [-0.25, -0.2) is 14.3 Å². The Labute approximate surface area is 204 Å². The Morgan fingerprint density at radius 1 is 1.06 bits per heavy atom. The summed E-state index contributed by atoms with van der Waals surface area (Å²) in [5.74, 6) is -0.752. The number of aryl methyl sites for hydroxylation is 1. The third kappa shape index (κ3) is 5.14. The highest BCUT2D eigenvalue weighted by Crippen LogP contribution is 2.43. The van der Waals surface area contributed by atoms with Crippen molar-refractivity contribution in [2.75, 3.05) is 13.1 Å². The van der Waals surface area contributed by atoms with Gasteiger partial charge in [-0.3, -0.25) is 0 Å². The third-order valence-corrected chi connectivity index (χ3v) is 8.38. The number of fused-ring (bicyclic) bond motifs is 1. The fourth-order valence-corrected chi connectivity index (χ4v) is 6.17. The van der Waals surface area contributed by atoms with Crippen LogP contribution in [0, 0.1) is 18.8 Å². The lowest BCUT2D eigenvalue weighted by molar-refractivity contribution is -0.182. The third-order valence-electron chi connectivity index (χ3n) is 8.38. The molecule has 2 aliphatic carbocycles. The van der Waals surface area contributed by atoms with Gasteiger partial charge in [0.25, 0.3) is 0 Å². The molecule has 3 fully saturated rings. The number of carbonyl (C=O) groups excluding carboxylic acids is 1. The first-order valence-corrected chi connectivity index (χ1v) is 13.1. The number of ether oxygens (including phenoxy) is 1. The summed E-state index contributed by atoms with van der Waals surface area (Å²) in [5.41, 5.74) is 3.43. The maximum Gasteiger partial charge on any atom is 0.410 e. The molecule has 0 N–H and O–H groups in total. The molecule has 2 saturated carbocycles. The SMILES string of the molecule is Cc1cc([C@H]2CN(C(=O)OC3CCCC3)CC[C@@H]2C)n2nc([C@H]3CC[C@H](C(F)(F)F)CC3)cc2n1. The summed E-state index contributed by atoms with van der Waals surface area (Å²) in [5, 5.41) is 4.87. The quantitative estimate of drug-likeness (QED) is 0.499. The molecule has 1 amide bonds. The second-order valence-electron chi connectivity index (χ2n) is 10.9. The van der Waals surface area contributed by atoms with Crippen molar-refractivity contribution in [3.05, 3.63) is 29.2 Å². The number of hydrogen-bond acceptors (Lipinski definition) is 4. The van der Waals surface area contributed by atoms with Crippen LogP contribution in [0.1, 0.15) is 93.6 Å². The Balaban J connectivity index is 1.36. The minimum absolute atomic E-state index is 0.0186. The van der Waals surface area contributed by atoms with Gasteiger partial charge in [0, 0.05) is 36.7 Å². The minimum Gasteiger partial charge on any atom is -0.446 e. The Morgan fingerprint density at radius 3 is 2.46 bits per heavy atom. The van der Waals surface area contributed by atoms with Gasteiger partial charge in [-0.05, 0) is 76.7 Å². The molecule has 1 aliphatic heterocycles. The van der Waals surface area contributed by atoms with Gasteiger partial charge < -0.3 is 9.64 Å². The number of halogens is 3. The van der Waals surface area contributed by atoms with Crippen molar-refractivity contribution >= 4 is 11.7 Å². The van der Waals surface area contributed by atoms with Gasteiger partial charge in [-0.1, -0.05) is 6.92 Å². The number of rotatable bonds is 3. The smallest absolute Gasteiger partial charge is 0.410 e. The molecule has 6 nitrogen and oxygen atoms in total. The standard InChI is InChI=1S/C26H35F3N4O2/c1-16-11-12-32(25(34)35-20-5-3-4-6-20)15-21(16)23-13-17(2)30-24-14-22(31-33(23)24)18-7-9-19(10-8-18)26(27,28)29/h13-14,16,18-21H,3-12,15H2,1-2H3/t16-,18-,19-,21-/m0/s1. The Hall–Kier alpha value is -2.32. The van der Waals surface area contributed by atoms with Crippen LogP contribution in [0.3, 0.4) is 0 Å². The second-order valence-corrected chi connectivity index (χ2v) is 10.9. The van der Waals surface area contributed by atoms with E-state index in [4.69, 9.17) is 9.84 Å². The first kappa shape index (κ1) is 24.4. The van der Waals surface area contributed by atoms with Crippen LogP contribution in [0.5, 0.6) is 0 Å². The van der Waals surface area contributed by atoms with Crippen molar-refractivity contribution in [1.82, 2.24) is 19.5 Å². The molecule has 192 valence electrons. The molecule has 0 bridgehead atoms. The van der Waals surface area contributed by atoms with E-state index in [0.717, 1.165) is 54.8 Å². The zero-order chi connectivity index (χ0) is 24.7. The maximum atomic E-state index is 13.1. The topological polar surface area (TPSA) is 59.7 Å². The molecule has 35 heavy (non-hydrogen) atoms. The van der Waals surface area contributed by atoms with E-state index < -0.39 is 12.1 Å². The monoisotopic (exact) mass is 492 g/mol. The number of alkyl halides is 3. The van der Waals surface area contributed by atoms with E-state index in [2.05, 4.69) is 11.9 Å². The Morgan fingerprint density at radius 2 is 1.77 bits per heavy atom. The molecule has 9 heteroatoms. The van der Waals surface area contributed by atoms with E-state index in [0.29, 0.717) is 31.8 Å². The van der Waals surface area contributed by atoms with Crippen LogP contribution < -0.4 is 0 Å². The van der Waals surface area contributed by atoms with Gasteiger partial charge in [-0.15, -0.1) is 0 Å². The molecule has 1 saturated heterocycles. The largest absolute Gasteiger partial charge is 0.446 e. The highest BCUT2D eigenvalue weighted by atomic mass is 19.4. The highest BCUT2D eigenvalue weighted by molar-refractivity contribution is 5.68. The number of carbonyl (C=O) groups is 1. The lowest BCUT2D eigenvalue weighted by atomic mass is 9.80. The summed E-state index contributed by atoms with van der Waals surface area (Å²) >= 11 is 0. The first-order valence-electron chi connectivity index (χ1n) is 13.1. The number of likely N-dealkylation sites (tertiary alicyclic amines) is 1. The van der Waals surface area contributed by atoms with Crippen molar-refractivity contribution in [1.29, 1.82) is 0 Å². The Bertz CT molecular complexity index is 1050. The molecule has 2 aromatic heterocycles. The van der Waals surface area contributed by atoms with E-state index in [1.54, 1.807) is 0 Å². The van der Waals surface area contributed by atoms with E-state index in [1.165, 1.54) is 0 Å². The van der Waals surface area contributed by atoms with Crippen LogP contribution in [-0.4, -0.2) is 51.0 Å². The Kier molecular flexibility index (Phi) is 6.70. The first-order chi connectivity index (χ1) is 16.7. The highest BCUT2D eigenvalue weighted by Gasteiger charge is 2.42. The number of nitrogens with zero attached hydrogens (tertiary/aromatic N) is 4. The fourth-order valence-electron chi connectivity index (χ4n) is 6.17. The molecule has 0 radical (unpaired) electrons. The van der Waals surface area contributed by atoms with Crippen molar-refractivity contribution in [2.45, 2.75) is 95.8 Å². The van der Waals surface area contributed by atoms with E-state index in [-0.39, 0.29) is 36.9 Å². The van der Waals surface area contributed by atoms with E-state index in [9.17, 15) is 18.0 Å². The lowest BCUT2D eigenvalue weighted by Gasteiger charge is -2.37. The van der Waals surface area contributed by atoms with Gasteiger partial charge in [-0.2, -0.15) is 18.3 Å². The number of piperidine rings is 1. The summed E-state index contributed by atoms with van der Waals surface area (Å²) in [6.45, 7) is 5.40. The molecule has 3 heterocycles. The van der Waals surface area contributed by atoms with Crippen molar-refractivity contribution < 1.29 is 22.7 Å². The summed E-state index contributed by atoms with van der Waals surface area (Å²) in [6, 6.07) is 3.98. The summed E-state index contributed by atoms with van der Waals surface area (Å²) < 4.78 is 47.0. The predicted molar refractivity (Wildman–Crippen MR) is 125 cm³/mol. The van der Waals surface area contributed by atoms with Crippen LogP contribution in [-0.2, 0) is 4.74 Å². The molecule has 5 rings (SSSR count). The molecule has 0 aromatic carbocycles. The van der Waals surface area contributed by atoms with Crippen molar-refractivity contribution in [3.8, 4) is 0 Å². The van der Waals surface area contributed by atoms with Crippen LogP contribution in [0.2, 0.25) is 0 Å². The lowest BCUT2D eigenvalue weighted by Crippen LogP contribution is -2.43. The average Bonchev–Trinajstić information content (AvgIpc) is 3.48. The number of aromatic nitrogens is 3. The van der Waals surface area contributed by atoms with Crippen LogP contribution >= 0.6 is 0 Å². The molecule has 3 aliphatic rings. The van der Waals surface area contributed by atoms with Crippen LogP contribution in [0.15, 0.2) is 12.1 Å². The summed E-state index contributed by atoms with van der Waals surface area (Å²) in [6.07, 6.45) is 1.99. The van der Waals surface area contributed by atoms with Gasteiger partial charge >= 0.3 is 12.3 Å². The van der Waals surface area contributed by atoms with Crippen molar-refractivity contribution in [3.63, 3.8) is 0 Å². The van der Waals surface area contributed by atoms with Crippen LogP contribution in [0.4, 0.5) is 18.0 Å². The van der Waals surface area contributed by atoms with Crippen molar-refractivity contribution in [2.24, 2.45) is 11.8 Å². The maximum absolute atomic E-state index is 13.1. The zero-order valence-corrected chi connectivity index (χ0v) is 20.6. The molecule has 2 aromatic rings. The molecular weight excluding hydrogens is 457 g/mol. The molecule has 0 unspecified atom stereocenters. The predicted octanol–water partition coefficient (Wildman–Crippen LogP) is 6.38. The van der Waals surface area contributed by atoms with Gasteiger partial charge in [0.1, 0.15) is 6.10 Å². The van der Waals surface area contributed by atoms with E-state index >= 15 is 0 Å². The fraction of sp³-hybridized carbons (Fsp3) is 0.731. The zero-order valence-electron chi connectivity index (χ0n) is 20.6. The van der Waals surface area contributed by atoms with Crippen LogP contribution in [0.25, 0.3) is 5.65 Å². The van der Waals surface area contributed by atoms with Gasteiger partial charge in [0.2, 0.25) is 0 Å². The summed E-state index contributed by atoms with van der Waals surface area (Å²) in [4.78, 5) is 19.4. The van der Waals surface area contributed by atoms with Gasteiger partial charge in [0.05, 0.1) is 17.3 Å².